The molecule has 2 unspecified atom stereocenters. The van der Waals surface area contributed by atoms with E-state index in [1.807, 2.05) is 0 Å². The summed E-state index contributed by atoms with van der Waals surface area (Å²) >= 11 is 0. The molecule has 0 aliphatic carbocycles. The molecule has 1 fully saturated rings. The van der Waals surface area contributed by atoms with Gasteiger partial charge in [0.25, 0.3) is 0 Å². The van der Waals surface area contributed by atoms with Crippen LogP contribution in [0.25, 0.3) is 0 Å². The van der Waals surface area contributed by atoms with Crippen LogP contribution >= 0.6 is 0 Å². The minimum atomic E-state index is -1.02. The Morgan fingerprint density at radius 1 is 1.56 bits per heavy atom. The lowest BCUT2D eigenvalue weighted by Crippen LogP contribution is -2.24. The lowest BCUT2D eigenvalue weighted by atomic mass is 10.0. The number of oxazole rings is 1. The molecule has 2 atom stereocenters. The van der Waals surface area contributed by atoms with E-state index < -0.39 is 17.9 Å². The van der Waals surface area contributed by atoms with Gasteiger partial charge in [-0.25, -0.2) is 4.98 Å². The highest BCUT2D eigenvalue weighted by atomic mass is 16.4. The first-order valence-electron chi connectivity index (χ1n) is 4.95. The number of aromatic nitrogens is 1. The first-order chi connectivity index (χ1) is 7.49. The smallest absolute Gasteiger partial charge is 0.309 e. The molecule has 0 spiro atoms. The summed E-state index contributed by atoms with van der Waals surface area (Å²) in [5, 5.41) is 11.5. The third-order valence-electron chi connectivity index (χ3n) is 2.75. The summed E-state index contributed by atoms with van der Waals surface area (Å²) in [6.07, 6.45) is -0.0273. The minimum Gasteiger partial charge on any atom is -0.481 e. The second kappa shape index (κ2) is 3.62. The van der Waals surface area contributed by atoms with E-state index in [-0.39, 0.29) is 18.2 Å². The first kappa shape index (κ1) is 10.7. The molecule has 2 N–H and O–H groups in total. The van der Waals surface area contributed by atoms with E-state index in [2.05, 4.69) is 10.3 Å². The largest absolute Gasteiger partial charge is 0.481 e. The van der Waals surface area contributed by atoms with Gasteiger partial charge in [-0.2, -0.15) is 0 Å². The van der Waals surface area contributed by atoms with Crippen LogP contribution in [0.2, 0.25) is 0 Å². The summed E-state index contributed by atoms with van der Waals surface area (Å²) in [6.45, 7) is 3.52. The molecule has 16 heavy (non-hydrogen) atoms. The van der Waals surface area contributed by atoms with Crippen molar-refractivity contribution >= 4 is 11.9 Å². The molecule has 0 bridgehead atoms. The fourth-order valence-electron chi connectivity index (χ4n) is 1.74. The van der Waals surface area contributed by atoms with Gasteiger partial charge in [-0.1, -0.05) is 0 Å². The van der Waals surface area contributed by atoms with Gasteiger partial charge >= 0.3 is 5.97 Å². The average Bonchev–Trinajstić information content (AvgIpc) is 2.71. The van der Waals surface area contributed by atoms with Gasteiger partial charge in [0.1, 0.15) is 11.8 Å². The maximum absolute atomic E-state index is 11.2. The van der Waals surface area contributed by atoms with Crippen molar-refractivity contribution in [2.45, 2.75) is 26.3 Å². The van der Waals surface area contributed by atoms with E-state index in [1.165, 1.54) is 0 Å². The zero-order valence-electron chi connectivity index (χ0n) is 8.98. The molecule has 1 aliphatic heterocycles. The molecule has 6 heteroatoms. The summed E-state index contributed by atoms with van der Waals surface area (Å²) in [5.74, 6) is -1.19. The molecule has 0 aromatic carbocycles. The maximum atomic E-state index is 11.2. The number of aryl methyl sites for hydroxylation is 2. The van der Waals surface area contributed by atoms with Crippen LogP contribution in [0, 0.1) is 19.8 Å². The summed E-state index contributed by atoms with van der Waals surface area (Å²) < 4.78 is 5.34. The topological polar surface area (TPSA) is 92.4 Å². The van der Waals surface area contributed by atoms with Crippen molar-refractivity contribution in [3.05, 3.63) is 17.3 Å². The average molecular weight is 224 g/mol. The molecule has 1 amide bonds. The number of rotatable bonds is 2. The van der Waals surface area contributed by atoms with E-state index >= 15 is 0 Å². The molecule has 2 heterocycles. The van der Waals surface area contributed by atoms with Gasteiger partial charge in [-0.05, 0) is 13.8 Å². The van der Waals surface area contributed by atoms with Crippen molar-refractivity contribution in [1.82, 2.24) is 10.3 Å². The van der Waals surface area contributed by atoms with Crippen LogP contribution in [0.4, 0.5) is 0 Å². The van der Waals surface area contributed by atoms with E-state index in [1.54, 1.807) is 13.8 Å². The molecule has 1 aromatic rings. The van der Waals surface area contributed by atoms with E-state index in [0.29, 0.717) is 11.5 Å². The molecule has 2 rings (SSSR count). The predicted molar refractivity (Wildman–Crippen MR) is 52.6 cm³/mol. The lowest BCUT2D eigenvalue weighted by Gasteiger charge is -2.10. The Balaban J connectivity index is 2.32. The van der Waals surface area contributed by atoms with Crippen LogP contribution < -0.4 is 5.32 Å². The highest BCUT2D eigenvalue weighted by molar-refractivity contribution is 5.86. The third kappa shape index (κ3) is 1.66. The van der Waals surface area contributed by atoms with Crippen molar-refractivity contribution in [2.75, 3.05) is 0 Å². The Morgan fingerprint density at radius 3 is 2.75 bits per heavy atom. The molecule has 1 aliphatic rings. The van der Waals surface area contributed by atoms with Crippen molar-refractivity contribution < 1.29 is 19.1 Å². The number of carboxylic acids is 1. The number of aliphatic carboxylic acids is 1. The summed E-state index contributed by atoms with van der Waals surface area (Å²) in [7, 11) is 0. The number of nitrogens with one attached hydrogen (secondary N) is 1. The van der Waals surface area contributed by atoms with Crippen LogP contribution in [-0.4, -0.2) is 22.0 Å². The number of nitrogens with zero attached hydrogens (tertiary/aromatic N) is 1. The number of hydrogen-bond donors (Lipinski definition) is 2. The second-order valence-electron chi connectivity index (χ2n) is 3.89. The molecule has 1 aromatic heterocycles. The molecule has 6 nitrogen and oxygen atoms in total. The minimum absolute atomic E-state index is 0.0273. The van der Waals surface area contributed by atoms with Crippen molar-refractivity contribution in [3.8, 4) is 0 Å². The van der Waals surface area contributed by atoms with E-state index in [0.717, 1.165) is 0 Å². The number of carboxylic acid groups (broad SMARTS) is 1. The van der Waals surface area contributed by atoms with Crippen LogP contribution in [0.1, 0.15) is 29.8 Å². The Morgan fingerprint density at radius 2 is 2.25 bits per heavy atom. The fraction of sp³-hybridized carbons (Fsp3) is 0.500. The Bertz CT molecular complexity index is 432. The van der Waals surface area contributed by atoms with Gasteiger partial charge in [-0.3, -0.25) is 9.59 Å². The quantitative estimate of drug-likeness (QED) is 0.765. The van der Waals surface area contributed by atoms with Gasteiger partial charge < -0.3 is 14.8 Å². The van der Waals surface area contributed by atoms with Crippen LogP contribution in [0.3, 0.4) is 0 Å². The Hall–Kier alpha value is -1.85. The molecule has 86 valence electrons. The van der Waals surface area contributed by atoms with Crippen LogP contribution in [-0.2, 0) is 9.59 Å². The van der Waals surface area contributed by atoms with Gasteiger partial charge in [0.05, 0.1) is 11.6 Å². The molecular weight excluding hydrogens is 212 g/mol. The first-order valence-corrected chi connectivity index (χ1v) is 4.95. The molecule has 0 radical (unpaired) electrons. The normalized spacial score (nSPS) is 24.5. The monoisotopic (exact) mass is 224 g/mol. The van der Waals surface area contributed by atoms with Crippen molar-refractivity contribution in [3.63, 3.8) is 0 Å². The number of carbonyl (C=O) groups is 2. The molecule has 0 saturated carbocycles. The predicted octanol–water partition coefficient (Wildman–Crippen LogP) is 0.553. The van der Waals surface area contributed by atoms with Gasteiger partial charge in [-0.15, -0.1) is 0 Å². The van der Waals surface area contributed by atoms with Crippen molar-refractivity contribution in [2.24, 2.45) is 5.92 Å². The van der Waals surface area contributed by atoms with Crippen LogP contribution in [0.5, 0.6) is 0 Å². The number of hydrogen-bond acceptors (Lipinski definition) is 4. The Labute approximate surface area is 91.7 Å². The zero-order valence-corrected chi connectivity index (χ0v) is 8.98. The summed E-state index contributed by atoms with van der Waals surface area (Å²) in [4.78, 5) is 26.3. The van der Waals surface area contributed by atoms with E-state index in [9.17, 15) is 9.59 Å². The van der Waals surface area contributed by atoms with E-state index in [4.69, 9.17) is 9.52 Å². The lowest BCUT2D eigenvalue weighted by molar-refractivity contribution is -0.142. The number of carbonyl (C=O) groups excluding carboxylic acids is 1. The number of amides is 1. The SMILES string of the molecule is Cc1nc(C2NC(=O)CC2C(=O)O)oc1C. The van der Waals surface area contributed by atoms with Crippen LogP contribution in [0.15, 0.2) is 4.42 Å². The van der Waals surface area contributed by atoms with Gasteiger partial charge in [0, 0.05) is 6.42 Å². The van der Waals surface area contributed by atoms with Gasteiger partial charge in [0.2, 0.25) is 11.8 Å². The maximum Gasteiger partial charge on any atom is 0.309 e. The second-order valence-corrected chi connectivity index (χ2v) is 3.89. The van der Waals surface area contributed by atoms with Gasteiger partial charge in [0.15, 0.2) is 0 Å². The highest BCUT2D eigenvalue weighted by Crippen LogP contribution is 2.30. The third-order valence-corrected chi connectivity index (χ3v) is 2.75. The fourth-order valence-corrected chi connectivity index (χ4v) is 1.74. The summed E-state index contributed by atoms with van der Waals surface area (Å²) in [6, 6.07) is -0.655. The summed E-state index contributed by atoms with van der Waals surface area (Å²) in [5.41, 5.74) is 0.709. The zero-order chi connectivity index (χ0) is 11.9. The molecule has 1 saturated heterocycles. The molecular formula is C10H12N2O4. The highest BCUT2D eigenvalue weighted by Gasteiger charge is 2.41. The Kier molecular flexibility index (Phi) is 2.41. The van der Waals surface area contributed by atoms with Crippen molar-refractivity contribution in [1.29, 1.82) is 0 Å². The standard InChI is InChI=1S/C10H12N2O4/c1-4-5(2)16-9(11-4)8-6(10(14)15)3-7(13)12-8/h6,8H,3H2,1-2H3,(H,12,13)(H,14,15).